The van der Waals surface area contributed by atoms with Crippen LogP contribution in [0.1, 0.15) is 18.4 Å². The van der Waals surface area contributed by atoms with Gasteiger partial charge in [0.25, 0.3) is 11.5 Å². The van der Waals surface area contributed by atoms with Crippen molar-refractivity contribution in [3.8, 4) is 0 Å². The zero-order valence-corrected chi connectivity index (χ0v) is 18.4. The van der Waals surface area contributed by atoms with Crippen LogP contribution >= 0.6 is 24.0 Å². The number of pyridine rings is 1. The molecule has 4 rings (SSSR count). The largest absolute Gasteiger partial charge is 0.370 e. The summed E-state index contributed by atoms with van der Waals surface area (Å²) in [4.78, 5) is 41.4. The van der Waals surface area contributed by atoms with Crippen molar-refractivity contribution in [3.63, 3.8) is 0 Å². The minimum atomic E-state index is -0.282. The van der Waals surface area contributed by atoms with Gasteiger partial charge in [0.05, 0.1) is 21.7 Å². The SMILES string of the molecule is CN1C(=O)C(=Cc2c(N3CCC(C(N)=O)CC3)c3ccccc3n(C)c2=O)SC1=S. The summed E-state index contributed by atoms with van der Waals surface area (Å²) in [7, 11) is 3.36. The molecule has 0 bridgehead atoms. The fourth-order valence-corrected chi connectivity index (χ4v) is 5.20. The zero-order valence-electron chi connectivity index (χ0n) is 16.8. The highest BCUT2D eigenvalue weighted by Gasteiger charge is 2.31. The summed E-state index contributed by atoms with van der Waals surface area (Å²) < 4.78 is 2.07. The van der Waals surface area contributed by atoms with E-state index < -0.39 is 0 Å². The Bertz CT molecular complexity index is 1160. The number of rotatable bonds is 3. The zero-order chi connectivity index (χ0) is 21.6. The van der Waals surface area contributed by atoms with Gasteiger partial charge in [-0.25, -0.2) is 0 Å². The Labute approximate surface area is 183 Å². The van der Waals surface area contributed by atoms with Gasteiger partial charge in [0, 0.05) is 38.5 Å². The Balaban J connectivity index is 1.90. The van der Waals surface area contributed by atoms with Crippen molar-refractivity contribution in [2.75, 3.05) is 25.0 Å². The van der Waals surface area contributed by atoms with Crippen molar-refractivity contribution in [1.29, 1.82) is 0 Å². The standard InChI is InChI=1S/C21H22N4O3S2/c1-23-15-6-4-3-5-13(15)17(25-9-7-12(8-10-25)18(22)26)14(19(23)27)11-16-20(28)24(2)21(29)30-16/h3-6,11-12H,7-10H2,1-2H3,(H2,22,26). The van der Waals surface area contributed by atoms with E-state index in [0.717, 1.165) is 16.6 Å². The molecule has 0 spiro atoms. The fourth-order valence-electron chi connectivity index (χ4n) is 4.04. The molecule has 0 radical (unpaired) electrons. The highest BCUT2D eigenvalue weighted by Crippen LogP contribution is 2.36. The average Bonchev–Trinajstić information content (AvgIpc) is 2.98. The number of fused-ring (bicyclic) bond motifs is 1. The van der Waals surface area contributed by atoms with Crippen molar-refractivity contribution >= 4 is 62.8 Å². The van der Waals surface area contributed by atoms with Gasteiger partial charge in [0.1, 0.15) is 4.32 Å². The quantitative estimate of drug-likeness (QED) is 0.578. The molecule has 2 aliphatic rings. The van der Waals surface area contributed by atoms with E-state index in [0.29, 0.717) is 40.7 Å². The molecule has 0 atom stereocenters. The molecule has 7 nitrogen and oxygen atoms in total. The van der Waals surface area contributed by atoms with Gasteiger partial charge in [-0.05, 0) is 25.0 Å². The molecule has 156 valence electrons. The third-order valence-electron chi connectivity index (χ3n) is 5.79. The number of para-hydroxylation sites is 1. The maximum atomic E-state index is 13.3. The minimum Gasteiger partial charge on any atom is -0.370 e. The van der Waals surface area contributed by atoms with Gasteiger partial charge in [-0.15, -0.1) is 0 Å². The summed E-state index contributed by atoms with van der Waals surface area (Å²) in [5.74, 6) is -0.646. The smallest absolute Gasteiger partial charge is 0.265 e. The first kappa shape index (κ1) is 20.6. The number of likely N-dealkylation sites (N-methyl/N-ethyl adjacent to an activating group) is 1. The number of hydrogen-bond acceptors (Lipinski definition) is 6. The van der Waals surface area contributed by atoms with Gasteiger partial charge in [-0.3, -0.25) is 19.3 Å². The van der Waals surface area contributed by atoms with Crippen LogP contribution in [-0.4, -0.2) is 45.7 Å². The van der Waals surface area contributed by atoms with Crippen LogP contribution in [0.25, 0.3) is 17.0 Å². The van der Waals surface area contributed by atoms with Gasteiger partial charge in [-0.2, -0.15) is 0 Å². The van der Waals surface area contributed by atoms with E-state index in [1.807, 2.05) is 24.3 Å². The third kappa shape index (κ3) is 3.41. The van der Waals surface area contributed by atoms with E-state index >= 15 is 0 Å². The molecule has 2 fully saturated rings. The second kappa shape index (κ2) is 7.88. The van der Waals surface area contributed by atoms with Gasteiger partial charge in [-0.1, -0.05) is 42.2 Å². The molecule has 0 aliphatic carbocycles. The second-order valence-corrected chi connectivity index (χ2v) is 9.22. The molecule has 3 heterocycles. The Morgan fingerprint density at radius 2 is 1.87 bits per heavy atom. The number of carbonyl (C=O) groups is 2. The lowest BCUT2D eigenvalue weighted by Crippen LogP contribution is -2.40. The lowest BCUT2D eigenvalue weighted by atomic mass is 9.94. The first-order valence-corrected chi connectivity index (χ1v) is 10.9. The topological polar surface area (TPSA) is 88.6 Å². The van der Waals surface area contributed by atoms with Crippen LogP contribution in [0.3, 0.4) is 0 Å². The van der Waals surface area contributed by atoms with Crippen LogP contribution in [0.5, 0.6) is 0 Å². The summed E-state index contributed by atoms with van der Waals surface area (Å²) in [5, 5.41) is 0.926. The molecular weight excluding hydrogens is 420 g/mol. The molecule has 1 aromatic heterocycles. The maximum absolute atomic E-state index is 13.3. The average molecular weight is 443 g/mol. The van der Waals surface area contributed by atoms with E-state index in [9.17, 15) is 14.4 Å². The summed E-state index contributed by atoms with van der Waals surface area (Å²) in [6.45, 7) is 1.22. The van der Waals surface area contributed by atoms with Crippen molar-refractivity contribution in [3.05, 3.63) is 45.1 Å². The van der Waals surface area contributed by atoms with Crippen molar-refractivity contribution < 1.29 is 9.59 Å². The lowest BCUT2D eigenvalue weighted by molar-refractivity contribution is -0.122. The number of hydrogen-bond donors (Lipinski definition) is 1. The van der Waals surface area contributed by atoms with Gasteiger partial charge < -0.3 is 15.2 Å². The Morgan fingerprint density at radius 3 is 2.47 bits per heavy atom. The van der Waals surface area contributed by atoms with Crippen LogP contribution in [0, 0.1) is 5.92 Å². The fraction of sp³-hybridized carbons (Fsp3) is 0.333. The number of thioether (sulfide) groups is 1. The normalized spacial score (nSPS) is 19.3. The Kier molecular flexibility index (Phi) is 5.42. The van der Waals surface area contributed by atoms with E-state index in [1.165, 1.54) is 16.7 Å². The number of benzene rings is 1. The van der Waals surface area contributed by atoms with Crippen LogP contribution < -0.4 is 16.2 Å². The van der Waals surface area contributed by atoms with Gasteiger partial charge in [0.2, 0.25) is 5.91 Å². The summed E-state index contributed by atoms with van der Waals surface area (Å²) in [6.07, 6.45) is 2.93. The predicted molar refractivity (Wildman–Crippen MR) is 124 cm³/mol. The monoisotopic (exact) mass is 442 g/mol. The van der Waals surface area contributed by atoms with Crippen molar-refractivity contribution in [2.24, 2.45) is 18.7 Å². The molecule has 30 heavy (non-hydrogen) atoms. The number of thiocarbonyl (C=S) groups is 1. The summed E-state index contributed by atoms with van der Waals surface area (Å²) in [5.41, 5.74) is 7.38. The van der Waals surface area contributed by atoms with Crippen molar-refractivity contribution in [2.45, 2.75) is 12.8 Å². The van der Waals surface area contributed by atoms with Gasteiger partial charge in [0.15, 0.2) is 0 Å². The van der Waals surface area contributed by atoms with E-state index in [4.69, 9.17) is 18.0 Å². The number of carbonyl (C=O) groups excluding carboxylic acids is 2. The molecule has 0 saturated carbocycles. The van der Waals surface area contributed by atoms with E-state index in [1.54, 1.807) is 24.7 Å². The molecule has 2 N–H and O–H groups in total. The van der Waals surface area contributed by atoms with Gasteiger partial charge >= 0.3 is 0 Å². The molecule has 1 aromatic carbocycles. The van der Waals surface area contributed by atoms with E-state index in [-0.39, 0.29) is 23.3 Å². The van der Waals surface area contributed by atoms with Crippen LogP contribution in [-0.2, 0) is 16.6 Å². The number of primary amides is 1. The lowest BCUT2D eigenvalue weighted by Gasteiger charge is -2.34. The summed E-state index contributed by atoms with van der Waals surface area (Å²) >= 11 is 6.43. The highest BCUT2D eigenvalue weighted by atomic mass is 32.2. The van der Waals surface area contributed by atoms with Crippen molar-refractivity contribution in [1.82, 2.24) is 9.47 Å². The number of aromatic nitrogens is 1. The highest BCUT2D eigenvalue weighted by molar-refractivity contribution is 8.26. The molecule has 2 saturated heterocycles. The first-order valence-electron chi connectivity index (χ1n) is 9.67. The van der Waals surface area contributed by atoms with Crippen LogP contribution in [0.2, 0.25) is 0 Å². The van der Waals surface area contributed by atoms with Crippen LogP contribution in [0.15, 0.2) is 34.0 Å². The molecule has 2 aliphatic heterocycles. The Morgan fingerprint density at radius 1 is 1.20 bits per heavy atom. The molecule has 0 unspecified atom stereocenters. The second-order valence-electron chi connectivity index (χ2n) is 7.55. The van der Waals surface area contributed by atoms with E-state index in [2.05, 4.69) is 4.90 Å². The summed E-state index contributed by atoms with van der Waals surface area (Å²) in [6, 6.07) is 7.72. The van der Waals surface area contributed by atoms with Crippen LogP contribution in [0.4, 0.5) is 5.69 Å². The predicted octanol–water partition coefficient (Wildman–Crippen LogP) is 2.07. The Hall–Kier alpha value is -2.65. The molecular formula is C21H22N4O3S2. The molecule has 2 aromatic rings. The third-order valence-corrected chi connectivity index (χ3v) is 7.27. The molecule has 9 heteroatoms. The molecule has 2 amide bonds. The number of anilines is 1. The number of piperidine rings is 1. The number of nitrogens with two attached hydrogens (primary N) is 1. The number of aryl methyl sites for hydroxylation is 1. The number of nitrogens with zero attached hydrogens (tertiary/aromatic N) is 3. The minimum absolute atomic E-state index is 0.154. The number of amides is 2. The maximum Gasteiger partial charge on any atom is 0.265 e. The first-order chi connectivity index (χ1) is 14.3.